The van der Waals surface area contributed by atoms with Crippen molar-refractivity contribution in [2.45, 2.75) is 45.4 Å². The van der Waals surface area contributed by atoms with Crippen LogP contribution < -0.4 is 34.3 Å². The molecule has 1 aromatic rings. The fourth-order valence-electron chi connectivity index (χ4n) is 4.21. The first-order chi connectivity index (χ1) is 12.1. The van der Waals surface area contributed by atoms with Crippen molar-refractivity contribution < 1.29 is 52.1 Å². The Balaban J connectivity index is 0.00000261. The van der Waals surface area contributed by atoms with Crippen LogP contribution in [0.3, 0.4) is 0 Å². The molecule has 27 heavy (non-hydrogen) atoms. The molecule has 0 radical (unpaired) electrons. The molecule has 1 saturated carbocycles. The van der Waals surface area contributed by atoms with Crippen molar-refractivity contribution in [2.24, 2.45) is 11.3 Å². The number of fused-ring (bicyclic) bond motifs is 1. The molecule has 0 amide bonds. The number of benzene rings is 1. The Morgan fingerprint density at radius 3 is 2.48 bits per heavy atom. The number of hydrogen-bond donors (Lipinski definition) is 0. The predicted octanol–water partition coefficient (Wildman–Crippen LogP) is 1.25. The molecule has 0 saturated heterocycles. The summed E-state index contributed by atoms with van der Waals surface area (Å²) in [6, 6.07) is 1.73. The third-order valence-electron chi connectivity index (χ3n) is 5.61. The van der Waals surface area contributed by atoms with E-state index in [-0.39, 0.29) is 58.4 Å². The number of ether oxygens (including phenoxy) is 1. The van der Waals surface area contributed by atoms with Crippen LogP contribution in [0.1, 0.15) is 54.9 Å². The van der Waals surface area contributed by atoms with Gasteiger partial charge in [-0.3, -0.25) is 4.79 Å². The molecule has 1 fully saturated rings. The van der Waals surface area contributed by atoms with Gasteiger partial charge in [-0.25, -0.2) is 8.42 Å². The van der Waals surface area contributed by atoms with Crippen molar-refractivity contribution in [1.82, 2.24) is 0 Å². The van der Waals surface area contributed by atoms with Crippen molar-refractivity contribution >= 4 is 39.1 Å². The fraction of sp³-hybridized carbons (Fsp3) is 0.611. The SMILES string of the molecule is CC1(C2CCCC2)Cc2cc(OCCCS(=O)(=O)[O-])c(Cl)c(Cl)c2C1=O.[Na+]. The molecule has 1 atom stereocenters. The smallest absolute Gasteiger partial charge is 0.748 e. The molecule has 0 N–H and O–H groups in total. The molecule has 144 valence electrons. The minimum Gasteiger partial charge on any atom is -0.748 e. The molecule has 2 aliphatic rings. The zero-order valence-corrected chi connectivity index (χ0v) is 19.8. The van der Waals surface area contributed by atoms with E-state index < -0.39 is 21.3 Å². The molecular formula is C18H21Cl2NaO5S. The first kappa shape index (κ1) is 23.5. The number of Topliss-reactive ketones (excluding diaryl/α,β-unsaturated/α-hetero) is 1. The molecule has 0 heterocycles. The van der Waals surface area contributed by atoms with E-state index in [0.717, 1.165) is 31.2 Å². The standard InChI is InChI=1S/C18H22Cl2O5S.Na/c1-18(12-5-2-3-6-12)10-11-9-13(25-7-4-8-26(22,23)24)15(19)16(20)14(11)17(18)21;/h9,12H,2-8,10H2,1H3,(H,22,23,24);/q;+1/p-1. The largest absolute Gasteiger partial charge is 1.00 e. The van der Waals surface area contributed by atoms with E-state index in [1.54, 1.807) is 6.07 Å². The summed E-state index contributed by atoms with van der Waals surface area (Å²) in [7, 11) is -4.27. The Kier molecular flexibility index (Phi) is 7.73. The average molecular weight is 443 g/mol. The minimum absolute atomic E-state index is 0. The molecule has 0 aromatic heterocycles. The number of rotatable bonds is 6. The van der Waals surface area contributed by atoms with E-state index >= 15 is 0 Å². The number of hydrogen-bond acceptors (Lipinski definition) is 5. The first-order valence-corrected chi connectivity index (χ1v) is 11.1. The van der Waals surface area contributed by atoms with Crippen LogP contribution in [0, 0.1) is 11.3 Å². The Labute approximate surface area is 192 Å². The van der Waals surface area contributed by atoms with Crippen molar-refractivity contribution in [3.8, 4) is 5.75 Å². The zero-order chi connectivity index (χ0) is 19.1. The summed E-state index contributed by atoms with van der Waals surface area (Å²) in [5, 5.41) is 0.349. The normalized spacial score (nSPS) is 22.6. The van der Waals surface area contributed by atoms with Gasteiger partial charge in [0.25, 0.3) is 0 Å². The summed E-state index contributed by atoms with van der Waals surface area (Å²) in [6.45, 7) is 2.04. The van der Waals surface area contributed by atoms with Crippen LogP contribution in [0.15, 0.2) is 6.07 Å². The Bertz CT molecular complexity index is 837. The summed E-state index contributed by atoms with van der Waals surface area (Å²) < 4.78 is 37.5. The van der Waals surface area contributed by atoms with Crippen LogP contribution in [0.2, 0.25) is 10.0 Å². The van der Waals surface area contributed by atoms with Gasteiger partial charge < -0.3 is 9.29 Å². The predicted molar refractivity (Wildman–Crippen MR) is 99.2 cm³/mol. The maximum Gasteiger partial charge on any atom is 1.00 e. The average Bonchev–Trinajstić information content (AvgIpc) is 3.16. The van der Waals surface area contributed by atoms with Gasteiger partial charge in [0.05, 0.1) is 21.7 Å². The molecule has 3 rings (SSSR count). The van der Waals surface area contributed by atoms with Gasteiger partial charge in [0.1, 0.15) is 10.8 Å². The Morgan fingerprint density at radius 2 is 1.89 bits per heavy atom. The maximum atomic E-state index is 13.1. The van der Waals surface area contributed by atoms with Gasteiger partial charge >= 0.3 is 29.6 Å². The molecule has 0 bridgehead atoms. The molecule has 0 spiro atoms. The topological polar surface area (TPSA) is 83.5 Å². The summed E-state index contributed by atoms with van der Waals surface area (Å²) in [6.07, 6.45) is 5.07. The van der Waals surface area contributed by atoms with Crippen LogP contribution in [-0.4, -0.2) is 31.1 Å². The second kappa shape index (κ2) is 8.90. The van der Waals surface area contributed by atoms with Crippen molar-refractivity contribution in [3.05, 3.63) is 27.2 Å². The Morgan fingerprint density at radius 1 is 1.26 bits per heavy atom. The maximum absolute atomic E-state index is 13.1. The molecule has 2 aliphatic carbocycles. The molecule has 1 unspecified atom stereocenters. The summed E-state index contributed by atoms with van der Waals surface area (Å²) >= 11 is 12.7. The second-order valence-electron chi connectivity index (χ2n) is 7.41. The van der Waals surface area contributed by atoms with E-state index in [0.29, 0.717) is 23.7 Å². The van der Waals surface area contributed by atoms with E-state index in [1.165, 1.54) is 0 Å². The summed E-state index contributed by atoms with van der Waals surface area (Å²) in [5.41, 5.74) is 0.854. The van der Waals surface area contributed by atoms with Crippen LogP contribution in [-0.2, 0) is 16.5 Å². The fourth-order valence-corrected chi connectivity index (χ4v) is 5.19. The number of halogens is 2. The van der Waals surface area contributed by atoms with E-state index in [9.17, 15) is 17.8 Å². The molecule has 5 nitrogen and oxygen atoms in total. The van der Waals surface area contributed by atoms with Gasteiger partial charge in [-0.05, 0) is 43.2 Å². The number of ketones is 1. The van der Waals surface area contributed by atoms with E-state index in [2.05, 4.69) is 0 Å². The van der Waals surface area contributed by atoms with Gasteiger partial charge in [-0.15, -0.1) is 0 Å². The summed E-state index contributed by atoms with van der Waals surface area (Å²) in [5.74, 6) is 0.225. The summed E-state index contributed by atoms with van der Waals surface area (Å²) in [4.78, 5) is 13.1. The third kappa shape index (κ3) is 4.85. The van der Waals surface area contributed by atoms with Gasteiger partial charge in [0.15, 0.2) is 5.78 Å². The van der Waals surface area contributed by atoms with Gasteiger partial charge in [-0.2, -0.15) is 0 Å². The second-order valence-corrected chi connectivity index (χ2v) is 9.68. The molecule has 0 aliphatic heterocycles. The molecule has 9 heteroatoms. The minimum atomic E-state index is -4.27. The van der Waals surface area contributed by atoms with Crippen molar-refractivity contribution in [1.29, 1.82) is 0 Å². The van der Waals surface area contributed by atoms with Gasteiger partial charge in [0, 0.05) is 16.7 Å². The van der Waals surface area contributed by atoms with Crippen LogP contribution in [0.5, 0.6) is 5.75 Å². The van der Waals surface area contributed by atoms with E-state index in [1.807, 2.05) is 6.92 Å². The third-order valence-corrected chi connectivity index (χ3v) is 7.25. The van der Waals surface area contributed by atoms with E-state index in [4.69, 9.17) is 27.9 Å². The van der Waals surface area contributed by atoms with Crippen molar-refractivity contribution in [3.63, 3.8) is 0 Å². The first-order valence-electron chi connectivity index (χ1n) is 8.75. The Hall–Kier alpha value is 0.180. The molecule has 1 aromatic carbocycles. The van der Waals surface area contributed by atoms with Crippen LogP contribution in [0.25, 0.3) is 0 Å². The van der Waals surface area contributed by atoms with Crippen LogP contribution in [0.4, 0.5) is 0 Å². The van der Waals surface area contributed by atoms with Crippen molar-refractivity contribution in [2.75, 3.05) is 12.4 Å². The quantitative estimate of drug-likeness (QED) is 0.376. The zero-order valence-electron chi connectivity index (χ0n) is 15.5. The monoisotopic (exact) mass is 442 g/mol. The number of carbonyl (C=O) groups is 1. The van der Waals surface area contributed by atoms with Crippen LogP contribution >= 0.6 is 23.2 Å². The molecular weight excluding hydrogens is 422 g/mol. The van der Waals surface area contributed by atoms with Gasteiger partial charge in [-0.1, -0.05) is 43.0 Å². The van der Waals surface area contributed by atoms with Gasteiger partial charge in [0.2, 0.25) is 0 Å². The number of carbonyl (C=O) groups excluding carboxylic acids is 1.